The van der Waals surface area contributed by atoms with E-state index in [1.807, 2.05) is 6.07 Å². The fraction of sp³-hybridized carbons (Fsp3) is 0.250. The summed E-state index contributed by atoms with van der Waals surface area (Å²) < 4.78 is 15.6. The SMILES string of the molecule is O=CC(OCCOc1ccccc1CC(=O)O)OC(=O)Cc1ccccc1. The zero-order valence-electron chi connectivity index (χ0n) is 14.6. The van der Waals surface area contributed by atoms with Crippen LogP contribution in [-0.4, -0.2) is 42.8 Å². The Morgan fingerprint density at radius 1 is 0.963 bits per heavy atom. The Kier molecular flexibility index (Phi) is 7.99. The summed E-state index contributed by atoms with van der Waals surface area (Å²) in [6.07, 6.45) is -1.06. The Morgan fingerprint density at radius 2 is 1.67 bits per heavy atom. The molecule has 1 atom stereocenters. The van der Waals surface area contributed by atoms with Gasteiger partial charge < -0.3 is 19.3 Å². The van der Waals surface area contributed by atoms with E-state index in [2.05, 4.69) is 0 Å². The number of carbonyl (C=O) groups excluding carboxylic acids is 2. The molecule has 1 N–H and O–H groups in total. The first-order valence-corrected chi connectivity index (χ1v) is 8.31. The number of para-hydroxylation sites is 1. The smallest absolute Gasteiger partial charge is 0.312 e. The van der Waals surface area contributed by atoms with Gasteiger partial charge in [0, 0.05) is 5.56 Å². The summed E-state index contributed by atoms with van der Waals surface area (Å²) in [4.78, 5) is 33.7. The highest BCUT2D eigenvalue weighted by Gasteiger charge is 2.14. The quantitative estimate of drug-likeness (QED) is 0.279. The third-order valence-electron chi connectivity index (χ3n) is 3.49. The van der Waals surface area contributed by atoms with Crippen LogP contribution in [0.4, 0.5) is 0 Å². The molecule has 2 rings (SSSR count). The van der Waals surface area contributed by atoms with Crippen LogP contribution in [0.1, 0.15) is 11.1 Å². The maximum atomic E-state index is 11.8. The van der Waals surface area contributed by atoms with E-state index >= 15 is 0 Å². The Morgan fingerprint density at radius 3 is 2.37 bits per heavy atom. The van der Waals surface area contributed by atoms with Crippen molar-refractivity contribution in [3.8, 4) is 5.75 Å². The average Bonchev–Trinajstić information content (AvgIpc) is 2.65. The molecule has 0 saturated heterocycles. The number of aldehydes is 1. The van der Waals surface area contributed by atoms with Crippen molar-refractivity contribution in [3.05, 3.63) is 65.7 Å². The van der Waals surface area contributed by atoms with Crippen molar-refractivity contribution in [2.75, 3.05) is 13.2 Å². The predicted octanol–water partition coefficient (Wildman–Crippen LogP) is 2.02. The van der Waals surface area contributed by atoms with E-state index in [-0.39, 0.29) is 26.1 Å². The molecule has 142 valence electrons. The molecule has 0 spiro atoms. The van der Waals surface area contributed by atoms with Crippen molar-refractivity contribution in [1.29, 1.82) is 0 Å². The molecule has 7 heteroatoms. The topological polar surface area (TPSA) is 99.1 Å². The van der Waals surface area contributed by atoms with Crippen LogP contribution in [0.3, 0.4) is 0 Å². The lowest BCUT2D eigenvalue weighted by atomic mass is 10.1. The van der Waals surface area contributed by atoms with E-state index in [0.29, 0.717) is 17.6 Å². The maximum Gasteiger partial charge on any atom is 0.312 e. The number of esters is 1. The van der Waals surface area contributed by atoms with Crippen LogP contribution in [0, 0.1) is 0 Å². The highest BCUT2D eigenvalue weighted by Crippen LogP contribution is 2.18. The lowest BCUT2D eigenvalue weighted by molar-refractivity contribution is -0.179. The number of carbonyl (C=O) groups is 3. The van der Waals surface area contributed by atoms with Crippen molar-refractivity contribution >= 4 is 18.2 Å². The van der Waals surface area contributed by atoms with Gasteiger partial charge >= 0.3 is 11.9 Å². The Labute approximate surface area is 156 Å². The Bertz CT molecular complexity index is 758. The molecule has 0 amide bonds. The molecular formula is C20H20O7. The van der Waals surface area contributed by atoms with Gasteiger partial charge in [-0.15, -0.1) is 0 Å². The van der Waals surface area contributed by atoms with Crippen LogP contribution in [0.2, 0.25) is 0 Å². The average molecular weight is 372 g/mol. The van der Waals surface area contributed by atoms with E-state index in [1.165, 1.54) is 0 Å². The van der Waals surface area contributed by atoms with Crippen LogP contribution >= 0.6 is 0 Å². The van der Waals surface area contributed by atoms with Crippen molar-refractivity contribution < 1.29 is 33.7 Å². The van der Waals surface area contributed by atoms with Crippen LogP contribution < -0.4 is 4.74 Å². The third kappa shape index (κ3) is 7.29. The Hall–Kier alpha value is -3.19. The number of hydrogen-bond donors (Lipinski definition) is 1. The first-order valence-electron chi connectivity index (χ1n) is 8.31. The molecule has 7 nitrogen and oxygen atoms in total. The predicted molar refractivity (Wildman–Crippen MR) is 95.3 cm³/mol. The van der Waals surface area contributed by atoms with Gasteiger partial charge in [-0.25, -0.2) is 0 Å². The van der Waals surface area contributed by atoms with Crippen LogP contribution in [0.15, 0.2) is 54.6 Å². The first kappa shape index (κ1) is 20.1. The van der Waals surface area contributed by atoms with Gasteiger partial charge in [-0.2, -0.15) is 0 Å². The number of rotatable bonds is 11. The van der Waals surface area contributed by atoms with Gasteiger partial charge in [0.05, 0.1) is 19.4 Å². The van der Waals surface area contributed by atoms with Crippen LogP contribution in [-0.2, 0) is 36.7 Å². The van der Waals surface area contributed by atoms with Crippen molar-refractivity contribution in [2.24, 2.45) is 0 Å². The van der Waals surface area contributed by atoms with Gasteiger partial charge in [0.1, 0.15) is 12.4 Å². The Balaban J connectivity index is 1.75. The summed E-state index contributed by atoms with van der Waals surface area (Å²) >= 11 is 0. The van der Waals surface area contributed by atoms with E-state index in [0.717, 1.165) is 5.56 Å². The van der Waals surface area contributed by atoms with E-state index in [1.54, 1.807) is 48.5 Å². The fourth-order valence-electron chi connectivity index (χ4n) is 2.30. The minimum absolute atomic E-state index is 0.0105. The summed E-state index contributed by atoms with van der Waals surface area (Å²) in [5, 5.41) is 8.89. The third-order valence-corrected chi connectivity index (χ3v) is 3.49. The molecule has 2 aromatic rings. The van der Waals surface area contributed by atoms with Crippen molar-refractivity contribution in [2.45, 2.75) is 19.1 Å². The highest BCUT2D eigenvalue weighted by molar-refractivity contribution is 5.74. The molecule has 1 unspecified atom stereocenters. The number of hydrogen-bond acceptors (Lipinski definition) is 6. The highest BCUT2D eigenvalue weighted by atomic mass is 16.7. The van der Waals surface area contributed by atoms with Crippen LogP contribution in [0.5, 0.6) is 5.75 Å². The summed E-state index contributed by atoms with van der Waals surface area (Å²) in [5.41, 5.74) is 1.30. The zero-order valence-corrected chi connectivity index (χ0v) is 14.6. The van der Waals surface area contributed by atoms with Crippen molar-refractivity contribution in [3.63, 3.8) is 0 Å². The molecule has 0 aromatic heterocycles. The second-order valence-electron chi connectivity index (χ2n) is 5.55. The molecule has 0 fully saturated rings. The van der Waals surface area contributed by atoms with E-state index in [4.69, 9.17) is 19.3 Å². The van der Waals surface area contributed by atoms with E-state index < -0.39 is 18.2 Å². The molecule has 0 aliphatic heterocycles. The number of aliphatic carboxylic acids is 1. The van der Waals surface area contributed by atoms with Gasteiger partial charge in [-0.3, -0.25) is 14.4 Å². The summed E-state index contributed by atoms with van der Waals surface area (Å²) in [7, 11) is 0. The molecule has 0 heterocycles. The molecule has 2 aromatic carbocycles. The standard InChI is InChI=1S/C20H20O7/c21-14-20(27-19(24)12-15-6-2-1-3-7-15)26-11-10-25-17-9-5-4-8-16(17)13-18(22)23/h1-9,14,20H,10-13H2,(H,22,23). The van der Waals surface area contributed by atoms with E-state index in [9.17, 15) is 14.4 Å². The minimum Gasteiger partial charge on any atom is -0.491 e. The van der Waals surface area contributed by atoms with Gasteiger partial charge in [-0.1, -0.05) is 48.5 Å². The molecule has 27 heavy (non-hydrogen) atoms. The second-order valence-corrected chi connectivity index (χ2v) is 5.55. The summed E-state index contributed by atoms with van der Waals surface area (Å²) in [6.45, 7) is 0.0562. The molecule has 0 bridgehead atoms. The van der Waals surface area contributed by atoms with Gasteiger partial charge in [0.2, 0.25) is 0 Å². The number of carboxylic acids is 1. The normalized spacial score (nSPS) is 11.4. The number of benzene rings is 2. The monoisotopic (exact) mass is 372 g/mol. The number of carboxylic acid groups (broad SMARTS) is 1. The lowest BCUT2D eigenvalue weighted by Crippen LogP contribution is -2.26. The van der Waals surface area contributed by atoms with Crippen molar-refractivity contribution in [1.82, 2.24) is 0 Å². The van der Waals surface area contributed by atoms with Crippen LogP contribution in [0.25, 0.3) is 0 Å². The molecule has 0 radical (unpaired) electrons. The maximum absolute atomic E-state index is 11.8. The molecule has 0 aliphatic rings. The zero-order chi connectivity index (χ0) is 19.5. The lowest BCUT2D eigenvalue weighted by Gasteiger charge is -2.14. The molecule has 0 aliphatic carbocycles. The summed E-state index contributed by atoms with van der Waals surface area (Å²) in [5.74, 6) is -1.12. The van der Waals surface area contributed by atoms with Gasteiger partial charge in [0.25, 0.3) is 6.29 Å². The first-order chi connectivity index (χ1) is 13.1. The summed E-state index contributed by atoms with van der Waals surface area (Å²) in [6, 6.07) is 15.7. The fourth-order valence-corrected chi connectivity index (χ4v) is 2.30. The molecule has 0 saturated carbocycles. The van der Waals surface area contributed by atoms with Gasteiger partial charge in [-0.05, 0) is 11.6 Å². The molecular weight excluding hydrogens is 352 g/mol. The number of ether oxygens (including phenoxy) is 3. The second kappa shape index (κ2) is 10.7. The van der Waals surface area contributed by atoms with Gasteiger partial charge in [0.15, 0.2) is 6.29 Å². The largest absolute Gasteiger partial charge is 0.491 e. The minimum atomic E-state index is -1.32.